The normalized spacial score (nSPS) is 12.3. The molecule has 0 aliphatic heterocycles. The summed E-state index contributed by atoms with van der Waals surface area (Å²) in [6.07, 6.45) is 0. The van der Waals surface area contributed by atoms with Gasteiger partial charge in [0.15, 0.2) is 0 Å². The van der Waals surface area contributed by atoms with Gasteiger partial charge in [-0.15, -0.1) is 0 Å². The first-order valence-electron chi connectivity index (χ1n) is 17.6. The van der Waals surface area contributed by atoms with E-state index in [1.165, 1.54) is 104 Å². The third-order valence-electron chi connectivity index (χ3n) is 11.1. The topological polar surface area (TPSA) is 14.3 Å². The second kappa shape index (κ2) is 9.87. The number of benzene rings is 8. The molecule has 0 saturated carbocycles. The Kier molecular flexibility index (Phi) is 5.23. The van der Waals surface area contributed by atoms with Crippen LogP contribution in [0.3, 0.4) is 0 Å². The SMILES string of the molecule is c1ccc(-n2c3ccccc3c3ccc(-c4ccc5c6ccccc6n(-c6cc7c8ccccc8n8c9ccccc9c(c6)c78)c5c4)cc32)cc1. The molecule has 0 fully saturated rings. The molecule has 4 aromatic heterocycles. The van der Waals surface area contributed by atoms with Crippen LogP contribution in [0.5, 0.6) is 0 Å². The molecule has 8 aromatic carbocycles. The first-order valence-corrected chi connectivity index (χ1v) is 17.6. The molecule has 4 heterocycles. The summed E-state index contributed by atoms with van der Waals surface area (Å²) in [4.78, 5) is 0. The number of fused-ring (bicyclic) bond motifs is 12. The molecule has 0 spiro atoms. The van der Waals surface area contributed by atoms with Gasteiger partial charge in [-0.1, -0.05) is 115 Å². The Balaban J connectivity index is 1.14. The molecule has 0 amide bonds. The number of nitrogens with zero attached hydrogens (tertiary/aromatic N) is 3. The summed E-state index contributed by atoms with van der Waals surface area (Å²) < 4.78 is 7.33. The van der Waals surface area contributed by atoms with Crippen molar-refractivity contribution in [1.29, 1.82) is 0 Å². The van der Waals surface area contributed by atoms with Crippen LogP contribution in [0.25, 0.3) is 104 Å². The Morgan fingerprint density at radius 1 is 0.255 bits per heavy atom. The fraction of sp³-hybridized carbons (Fsp3) is 0. The van der Waals surface area contributed by atoms with Gasteiger partial charge in [-0.05, 0) is 71.8 Å². The van der Waals surface area contributed by atoms with E-state index < -0.39 is 0 Å². The van der Waals surface area contributed by atoms with Gasteiger partial charge in [-0.3, -0.25) is 0 Å². The van der Waals surface area contributed by atoms with Crippen molar-refractivity contribution in [2.45, 2.75) is 0 Å². The zero-order valence-corrected chi connectivity index (χ0v) is 27.6. The Hall–Kier alpha value is -6.84. The summed E-state index contributed by atoms with van der Waals surface area (Å²) in [5.74, 6) is 0. The molecule has 0 bridgehead atoms. The predicted octanol–water partition coefficient (Wildman–Crippen LogP) is 12.7. The van der Waals surface area contributed by atoms with Crippen LogP contribution in [0.2, 0.25) is 0 Å². The smallest absolute Gasteiger partial charge is 0.0622 e. The first kappa shape index (κ1) is 27.0. The molecular formula is C48H29N3. The van der Waals surface area contributed by atoms with Crippen molar-refractivity contribution < 1.29 is 0 Å². The largest absolute Gasteiger partial charge is 0.309 e. The van der Waals surface area contributed by atoms with E-state index in [4.69, 9.17) is 0 Å². The third kappa shape index (κ3) is 3.57. The fourth-order valence-corrected chi connectivity index (χ4v) is 9.00. The molecule has 3 heteroatoms. The maximum Gasteiger partial charge on any atom is 0.0622 e. The highest BCUT2D eigenvalue weighted by Gasteiger charge is 2.21. The van der Waals surface area contributed by atoms with Gasteiger partial charge in [0.25, 0.3) is 0 Å². The maximum atomic E-state index is 2.48. The van der Waals surface area contributed by atoms with E-state index in [0.717, 1.165) is 0 Å². The summed E-state index contributed by atoms with van der Waals surface area (Å²) in [5, 5.41) is 10.2. The highest BCUT2D eigenvalue weighted by Crippen LogP contribution is 2.43. The van der Waals surface area contributed by atoms with Crippen LogP contribution in [-0.4, -0.2) is 13.5 Å². The van der Waals surface area contributed by atoms with E-state index in [1.807, 2.05) is 0 Å². The molecule has 0 radical (unpaired) electrons. The zero-order chi connectivity index (χ0) is 33.2. The Bertz CT molecular complexity index is 3270. The predicted molar refractivity (Wildman–Crippen MR) is 215 cm³/mol. The molecule has 3 nitrogen and oxygen atoms in total. The van der Waals surface area contributed by atoms with Gasteiger partial charge < -0.3 is 13.5 Å². The summed E-state index contributed by atoms with van der Waals surface area (Å²) >= 11 is 0. The van der Waals surface area contributed by atoms with Crippen molar-refractivity contribution in [1.82, 2.24) is 13.5 Å². The highest BCUT2D eigenvalue weighted by molar-refractivity contribution is 6.24. The van der Waals surface area contributed by atoms with Crippen molar-refractivity contribution >= 4 is 81.7 Å². The summed E-state index contributed by atoms with van der Waals surface area (Å²) in [5.41, 5.74) is 13.4. The quantitative estimate of drug-likeness (QED) is 0.181. The summed E-state index contributed by atoms with van der Waals surface area (Å²) in [7, 11) is 0. The Morgan fingerprint density at radius 2 is 0.647 bits per heavy atom. The zero-order valence-electron chi connectivity index (χ0n) is 27.6. The summed E-state index contributed by atoms with van der Waals surface area (Å²) in [6, 6.07) is 64.7. The Labute approximate surface area is 292 Å². The minimum atomic E-state index is 1.17. The number of aromatic nitrogens is 3. The molecule has 0 saturated heterocycles. The fourth-order valence-electron chi connectivity index (χ4n) is 9.00. The van der Waals surface area contributed by atoms with Gasteiger partial charge in [0.1, 0.15) is 0 Å². The van der Waals surface area contributed by atoms with Crippen molar-refractivity contribution in [2.75, 3.05) is 0 Å². The number of hydrogen-bond acceptors (Lipinski definition) is 0. The number of rotatable bonds is 3. The van der Waals surface area contributed by atoms with E-state index in [0.29, 0.717) is 0 Å². The van der Waals surface area contributed by atoms with Gasteiger partial charge >= 0.3 is 0 Å². The lowest BCUT2D eigenvalue weighted by atomic mass is 10.0. The van der Waals surface area contributed by atoms with Crippen molar-refractivity contribution in [3.05, 3.63) is 176 Å². The molecule has 0 N–H and O–H groups in total. The van der Waals surface area contributed by atoms with Crippen LogP contribution in [0, 0.1) is 0 Å². The van der Waals surface area contributed by atoms with E-state index in [2.05, 4.69) is 189 Å². The average Bonchev–Trinajstić information content (AvgIpc) is 3.91. The molecule has 0 aliphatic rings. The lowest BCUT2D eigenvalue weighted by Crippen LogP contribution is -1.94. The third-order valence-corrected chi connectivity index (χ3v) is 11.1. The van der Waals surface area contributed by atoms with E-state index in [-0.39, 0.29) is 0 Å². The second-order valence-corrected chi connectivity index (χ2v) is 13.8. The lowest BCUT2D eigenvalue weighted by Gasteiger charge is -2.11. The second-order valence-electron chi connectivity index (χ2n) is 13.8. The average molecular weight is 648 g/mol. The first-order chi connectivity index (χ1) is 25.3. The highest BCUT2D eigenvalue weighted by atomic mass is 15.0. The van der Waals surface area contributed by atoms with Gasteiger partial charge in [0.05, 0.1) is 38.6 Å². The molecule has 12 rings (SSSR count). The van der Waals surface area contributed by atoms with Crippen LogP contribution >= 0.6 is 0 Å². The number of para-hydroxylation sites is 5. The Morgan fingerprint density at radius 3 is 1.16 bits per heavy atom. The molecule has 51 heavy (non-hydrogen) atoms. The molecule has 0 aliphatic carbocycles. The van der Waals surface area contributed by atoms with Crippen LogP contribution in [-0.2, 0) is 0 Å². The van der Waals surface area contributed by atoms with Gasteiger partial charge in [0, 0.05) is 54.5 Å². The monoisotopic (exact) mass is 647 g/mol. The van der Waals surface area contributed by atoms with Crippen molar-refractivity contribution in [3.63, 3.8) is 0 Å². The molecule has 12 aromatic rings. The van der Waals surface area contributed by atoms with Gasteiger partial charge in [-0.25, -0.2) is 0 Å². The standard InChI is InChI=1S/C48H29N3/c1-2-12-32(13-3-1)49-42-18-8-4-14-34(42)38-24-22-30(26-46(38)49)31-23-25-39-35-15-5-9-19-43(35)50(47(39)27-31)33-28-40-36-16-6-10-20-44(36)51-45-21-11-7-17-37(45)41(29-33)48(40)51/h1-29H. The van der Waals surface area contributed by atoms with Crippen LogP contribution in [0.15, 0.2) is 176 Å². The molecule has 236 valence electrons. The van der Waals surface area contributed by atoms with Gasteiger partial charge in [-0.2, -0.15) is 0 Å². The van der Waals surface area contributed by atoms with E-state index >= 15 is 0 Å². The van der Waals surface area contributed by atoms with Crippen molar-refractivity contribution in [2.24, 2.45) is 0 Å². The maximum absolute atomic E-state index is 2.48. The molecular weight excluding hydrogens is 619 g/mol. The van der Waals surface area contributed by atoms with Crippen molar-refractivity contribution in [3.8, 4) is 22.5 Å². The minimum Gasteiger partial charge on any atom is -0.309 e. The number of hydrogen-bond donors (Lipinski definition) is 0. The van der Waals surface area contributed by atoms with Gasteiger partial charge in [0.2, 0.25) is 0 Å². The lowest BCUT2D eigenvalue weighted by molar-refractivity contribution is 1.18. The van der Waals surface area contributed by atoms with E-state index in [1.54, 1.807) is 0 Å². The van der Waals surface area contributed by atoms with Crippen LogP contribution in [0.4, 0.5) is 0 Å². The minimum absolute atomic E-state index is 1.17. The molecule has 0 unspecified atom stereocenters. The van der Waals surface area contributed by atoms with E-state index in [9.17, 15) is 0 Å². The van der Waals surface area contributed by atoms with Crippen LogP contribution in [0.1, 0.15) is 0 Å². The van der Waals surface area contributed by atoms with Crippen LogP contribution < -0.4 is 0 Å². The summed E-state index contributed by atoms with van der Waals surface area (Å²) in [6.45, 7) is 0. The molecule has 0 atom stereocenters.